The molecule has 5 heteroatoms. The zero-order valence-corrected chi connectivity index (χ0v) is 9.64. The van der Waals surface area contributed by atoms with E-state index in [1.165, 1.54) is 0 Å². The fourth-order valence-electron chi connectivity index (χ4n) is 1.11. The van der Waals surface area contributed by atoms with Crippen molar-refractivity contribution in [1.82, 2.24) is 0 Å². The van der Waals surface area contributed by atoms with Gasteiger partial charge in [0.2, 0.25) is 0 Å². The highest BCUT2D eigenvalue weighted by Gasteiger charge is 2.05. The molecule has 0 fully saturated rings. The lowest BCUT2D eigenvalue weighted by molar-refractivity contribution is 0.682. The number of halogens is 1. The zero-order chi connectivity index (χ0) is 11.3. The van der Waals surface area contributed by atoms with E-state index in [1.54, 1.807) is 18.2 Å². The molecule has 1 aromatic rings. The first-order valence-electron chi connectivity index (χ1n) is 4.41. The second-order valence-electron chi connectivity index (χ2n) is 2.99. The molecule has 0 aliphatic heterocycles. The second-order valence-corrected chi connectivity index (χ2v) is 4.98. The smallest absolute Gasteiger partial charge is 0.0992 e. The van der Waals surface area contributed by atoms with Gasteiger partial charge in [-0.1, -0.05) is 17.7 Å². The van der Waals surface area contributed by atoms with Crippen LogP contribution in [0, 0.1) is 11.3 Å². The van der Waals surface area contributed by atoms with E-state index in [4.69, 9.17) is 22.6 Å². The Balaban J connectivity index is 2.79. The van der Waals surface area contributed by atoms with E-state index in [0.717, 1.165) is 5.56 Å². The maximum atomic E-state index is 11.4. The van der Waals surface area contributed by atoms with Gasteiger partial charge in [0.15, 0.2) is 0 Å². The van der Waals surface area contributed by atoms with Crippen molar-refractivity contribution < 1.29 is 4.21 Å². The zero-order valence-electron chi connectivity index (χ0n) is 8.07. The Hall–Kier alpha value is -0.890. The van der Waals surface area contributed by atoms with E-state index in [9.17, 15) is 4.21 Å². The van der Waals surface area contributed by atoms with Gasteiger partial charge in [-0.25, -0.2) is 0 Å². The van der Waals surface area contributed by atoms with Crippen LogP contribution in [-0.4, -0.2) is 16.5 Å². The van der Waals surface area contributed by atoms with Crippen LogP contribution in [0.4, 0.5) is 0 Å². The van der Waals surface area contributed by atoms with Crippen LogP contribution < -0.4 is 5.73 Å². The molecule has 15 heavy (non-hydrogen) atoms. The third-order valence-electron chi connectivity index (χ3n) is 1.84. The molecule has 0 aliphatic carbocycles. The Labute approximate surface area is 96.3 Å². The molecule has 0 aliphatic rings. The molecule has 0 saturated carbocycles. The summed E-state index contributed by atoms with van der Waals surface area (Å²) in [7, 11) is -0.982. The van der Waals surface area contributed by atoms with Crippen molar-refractivity contribution in [3.63, 3.8) is 0 Å². The lowest BCUT2D eigenvalue weighted by atomic mass is 10.2. The molecule has 0 spiro atoms. The molecule has 0 amide bonds. The van der Waals surface area contributed by atoms with Crippen LogP contribution in [0.1, 0.15) is 11.1 Å². The summed E-state index contributed by atoms with van der Waals surface area (Å²) in [6.07, 6.45) is 0. The number of nitriles is 1. The Kier molecular flexibility index (Phi) is 4.76. The minimum atomic E-state index is -0.982. The first-order chi connectivity index (χ1) is 7.17. The Bertz CT molecular complexity index is 414. The second kappa shape index (κ2) is 5.86. The third kappa shape index (κ3) is 3.63. The van der Waals surface area contributed by atoms with Gasteiger partial charge in [-0.15, -0.1) is 0 Å². The fourth-order valence-corrected chi connectivity index (χ4v) is 2.44. The molecule has 2 N–H and O–H groups in total. The van der Waals surface area contributed by atoms with Gasteiger partial charge in [0.25, 0.3) is 0 Å². The van der Waals surface area contributed by atoms with Crippen molar-refractivity contribution in [2.75, 3.05) is 12.3 Å². The normalized spacial score (nSPS) is 12.1. The van der Waals surface area contributed by atoms with Crippen LogP contribution in [0.5, 0.6) is 0 Å². The van der Waals surface area contributed by atoms with Crippen molar-refractivity contribution >= 4 is 22.4 Å². The van der Waals surface area contributed by atoms with E-state index in [1.807, 2.05) is 6.07 Å². The van der Waals surface area contributed by atoms with Crippen molar-refractivity contribution in [3.05, 3.63) is 34.3 Å². The molecule has 0 aromatic heterocycles. The van der Waals surface area contributed by atoms with Gasteiger partial charge in [-0.3, -0.25) is 4.21 Å². The van der Waals surface area contributed by atoms with Gasteiger partial charge < -0.3 is 5.73 Å². The summed E-state index contributed by atoms with van der Waals surface area (Å²) >= 11 is 5.94. The quantitative estimate of drug-likeness (QED) is 0.868. The number of hydrogen-bond acceptors (Lipinski definition) is 3. The van der Waals surface area contributed by atoms with Crippen molar-refractivity contribution in [2.24, 2.45) is 5.73 Å². The topological polar surface area (TPSA) is 66.9 Å². The molecule has 0 radical (unpaired) electrons. The average molecular weight is 243 g/mol. The number of rotatable bonds is 4. The summed E-state index contributed by atoms with van der Waals surface area (Å²) in [6.45, 7) is 0.403. The number of hydrogen-bond donors (Lipinski definition) is 1. The number of benzene rings is 1. The maximum absolute atomic E-state index is 11.4. The minimum Gasteiger partial charge on any atom is -0.330 e. The monoisotopic (exact) mass is 242 g/mol. The van der Waals surface area contributed by atoms with E-state index in [0.29, 0.717) is 28.6 Å². The highest BCUT2D eigenvalue weighted by molar-refractivity contribution is 7.84. The standard InChI is InChI=1S/C10H11ClN2OS/c11-10-5-8(6-13)1-2-9(10)7-15(14)4-3-12/h1-2,5H,3-4,7,12H2. The Morgan fingerprint density at radius 1 is 1.53 bits per heavy atom. The summed E-state index contributed by atoms with van der Waals surface area (Å²) in [5.74, 6) is 0.859. The van der Waals surface area contributed by atoms with Crippen LogP contribution in [0.2, 0.25) is 5.02 Å². The van der Waals surface area contributed by atoms with Crippen LogP contribution in [0.25, 0.3) is 0 Å². The highest BCUT2D eigenvalue weighted by Crippen LogP contribution is 2.19. The predicted molar refractivity (Wildman–Crippen MR) is 61.9 cm³/mol. The van der Waals surface area contributed by atoms with E-state index < -0.39 is 10.8 Å². The summed E-state index contributed by atoms with van der Waals surface area (Å²) in [5.41, 5.74) is 6.60. The maximum Gasteiger partial charge on any atom is 0.0992 e. The van der Waals surface area contributed by atoms with Crippen LogP contribution in [0.3, 0.4) is 0 Å². The summed E-state index contributed by atoms with van der Waals surface area (Å²) in [4.78, 5) is 0. The SMILES string of the molecule is N#Cc1ccc(CS(=O)CCN)c(Cl)c1. The lowest BCUT2D eigenvalue weighted by Gasteiger charge is -2.03. The summed E-state index contributed by atoms with van der Waals surface area (Å²) in [6, 6.07) is 6.97. The molecule has 0 heterocycles. The molecule has 1 unspecified atom stereocenters. The van der Waals surface area contributed by atoms with Gasteiger partial charge in [0.05, 0.1) is 17.4 Å². The molecule has 3 nitrogen and oxygen atoms in total. The minimum absolute atomic E-state index is 0.391. The van der Waals surface area contributed by atoms with Crippen LogP contribution >= 0.6 is 11.6 Å². The first-order valence-corrected chi connectivity index (χ1v) is 6.27. The molecule has 0 saturated heterocycles. The van der Waals surface area contributed by atoms with E-state index in [-0.39, 0.29) is 0 Å². The Morgan fingerprint density at radius 2 is 2.27 bits per heavy atom. The average Bonchev–Trinajstić information content (AvgIpc) is 2.21. The van der Waals surface area contributed by atoms with Gasteiger partial charge >= 0.3 is 0 Å². The first kappa shape index (κ1) is 12.2. The molecule has 1 aromatic carbocycles. The third-order valence-corrected chi connectivity index (χ3v) is 3.52. The number of nitrogens with two attached hydrogens (primary N) is 1. The van der Waals surface area contributed by atoms with Crippen molar-refractivity contribution in [1.29, 1.82) is 5.26 Å². The number of nitrogens with zero attached hydrogens (tertiary/aromatic N) is 1. The van der Waals surface area contributed by atoms with E-state index in [2.05, 4.69) is 0 Å². The molecule has 0 bridgehead atoms. The largest absolute Gasteiger partial charge is 0.330 e. The van der Waals surface area contributed by atoms with Gasteiger partial charge in [0, 0.05) is 28.1 Å². The van der Waals surface area contributed by atoms with Crippen molar-refractivity contribution in [3.8, 4) is 6.07 Å². The highest BCUT2D eigenvalue weighted by atomic mass is 35.5. The predicted octanol–water partition coefficient (Wildman–Crippen LogP) is 1.42. The van der Waals surface area contributed by atoms with Gasteiger partial charge in [-0.05, 0) is 17.7 Å². The summed E-state index contributed by atoms with van der Waals surface area (Å²) in [5, 5.41) is 9.12. The fraction of sp³-hybridized carbons (Fsp3) is 0.300. The van der Waals surface area contributed by atoms with Gasteiger partial charge in [0.1, 0.15) is 0 Å². The van der Waals surface area contributed by atoms with Crippen molar-refractivity contribution in [2.45, 2.75) is 5.75 Å². The summed E-state index contributed by atoms with van der Waals surface area (Å²) < 4.78 is 11.4. The molecule has 1 rings (SSSR count). The molecular weight excluding hydrogens is 232 g/mol. The Morgan fingerprint density at radius 3 is 2.80 bits per heavy atom. The molecule has 1 atom stereocenters. The van der Waals surface area contributed by atoms with Crippen LogP contribution in [-0.2, 0) is 16.6 Å². The lowest BCUT2D eigenvalue weighted by Crippen LogP contribution is -2.11. The van der Waals surface area contributed by atoms with Gasteiger partial charge in [-0.2, -0.15) is 5.26 Å². The van der Waals surface area contributed by atoms with E-state index >= 15 is 0 Å². The molecule has 80 valence electrons. The van der Waals surface area contributed by atoms with Crippen LogP contribution in [0.15, 0.2) is 18.2 Å². The molecular formula is C10H11ClN2OS.